The predicted molar refractivity (Wildman–Crippen MR) is 116 cm³/mol. The maximum atomic E-state index is 13.4. The molecule has 1 aliphatic rings. The van der Waals surface area contributed by atoms with E-state index in [9.17, 15) is 19.8 Å². The largest absolute Gasteiger partial charge is 0.545 e. The fourth-order valence-electron chi connectivity index (χ4n) is 4.11. The van der Waals surface area contributed by atoms with E-state index in [1.165, 1.54) is 12.1 Å². The number of H-pyrrole nitrogens is 1. The van der Waals surface area contributed by atoms with Crippen molar-refractivity contribution in [1.29, 1.82) is 0 Å². The summed E-state index contributed by atoms with van der Waals surface area (Å²) in [5, 5.41) is 28.6. The molecular formula is C25H18N3O4-. The molecule has 1 aliphatic heterocycles. The topological polar surface area (TPSA) is 109 Å². The van der Waals surface area contributed by atoms with Crippen molar-refractivity contribution in [1.82, 2.24) is 10.2 Å². The first-order chi connectivity index (χ1) is 15.4. The van der Waals surface area contributed by atoms with E-state index in [4.69, 9.17) is 0 Å². The highest BCUT2D eigenvalue weighted by Gasteiger charge is 2.43. The molecule has 3 aromatic carbocycles. The van der Waals surface area contributed by atoms with Crippen LogP contribution in [0.5, 0.6) is 5.75 Å². The van der Waals surface area contributed by atoms with Gasteiger partial charge in [0.1, 0.15) is 11.4 Å². The van der Waals surface area contributed by atoms with Crippen LogP contribution in [-0.4, -0.2) is 27.2 Å². The van der Waals surface area contributed by atoms with E-state index in [0.717, 1.165) is 11.1 Å². The molecule has 32 heavy (non-hydrogen) atoms. The van der Waals surface area contributed by atoms with E-state index < -0.39 is 12.0 Å². The third-order valence-electron chi connectivity index (χ3n) is 5.66. The molecule has 5 rings (SSSR count). The lowest BCUT2D eigenvalue weighted by Crippen LogP contribution is -2.29. The van der Waals surface area contributed by atoms with Crippen molar-refractivity contribution < 1.29 is 19.8 Å². The van der Waals surface area contributed by atoms with E-state index in [-0.39, 0.29) is 17.2 Å². The number of aromatic hydroxyl groups is 1. The first-order valence-electron chi connectivity index (χ1n) is 10.0. The van der Waals surface area contributed by atoms with Crippen molar-refractivity contribution in [3.63, 3.8) is 0 Å². The van der Waals surface area contributed by atoms with Crippen LogP contribution in [0.2, 0.25) is 0 Å². The van der Waals surface area contributed by atoms with Crippen LogP contribution >= 0.6 is 0 Å². The first-order valence-corrected chi connectivity index (χ1v) is 10.0. The highest BCUT2D eigenvalue weighted by atomic mass is 16.4. The normalized spacial score (nSPS) is 15.1. The second-order valence-electron chi connectivity index (χ2n) is 7.73. The minimum Gasteiger partial charge on any atom is -0.545 e. The zero-order chi connectivity index (χ0) is 22.4. The molecule has 1 amide bonds. The number of carboxylic acids is 1. The number of hydrogen-bond acceptors (Lipinski definition) is 5. The van der Waals surface area contributed by atoms with Gasteiger partial charge in [0.15, 0.2) is 0 Å². The number of amides is 1. The van der Waals surface area contributed by atoms with Crippen LogP contribution in [0.25, 0.3) is 11.3 Å². The Bertz CT molecular complexity index is 1340. The first kappa shape index (κ1) is 19.6. The van der Waals surface area contributed by atoms with Crippen molar-refractivity contribution in [2.75, 3.05) is 4.90 Å². The van der Waals surface area contributed by atoms with E-state index in [2.05, 4.69) is 10.2 Å². The predicted octanol–water partition coefficient (Wildman–Crippen LogP) is 3.20. The number of fused-ring (bicyclic) bond motifs is 1. The zero-order valence-corrected chi connectivity index (χ0v) is 17.1. The van der Waals surface area contributed by atoms with Crippen LogP contribution < -0.4 is 10.0 Å². The third-order valence-corrected chi connectivity index (χ3v) is 5.66. The summed E-state index contributed by atoms with van der Waals surface area (Å²) in [7, 11) is 0. The Morgan fingerprint density at radius 1 is 1.06 bits per heavy atom. The molecular weight excluding hydrogens is 406 g/mol. The Balaban J connectivity index is 1.69. The van der Waals surface area contributed by atoms with Gasteiger partial charge in [0.2, 0.25) is 0 Å². The number of benzene rings is 3. The highest BCUT2D eigenvalue weighted by Crippen LogP contribution is 2.45. The SMILES string of the molecule is Cc1ccc(-c2n[nH]c3c2C(c2cccc(O)c2)N(c2ccc(C(=O)[O-])cc2)C3=O)cc1. The number of hydrogen-bond donors (Lipinski definition) is 2. The van der Waals surface area contributed by atoms with Gasteiger partial charge in [-0.05, 0) is 42.3 Å². The number of nitrogens with one attached hydrogen (secondary N) is 1. The van der Waals surface area contributed by atoms with Gasteiger partial charge < -0.3 is 15.0 Å². The number of nitrogens with zero attached hydrogens (tertiary/aromatic N) is 2. The number of carboxylic acid groups (broad SMARTS) is 1. The number of carbonyl (C=O) groups is 2. The minimum atomic E-state index is -1.29. The summed E-state index contributed by atoms with van der Waals surface area (Å²) in [4.78, 5) is 26.2. The van der Waals surface area contributed by atoms with Crippen LogP contribution in [0, 0.1) is 6.92 Å². The number of phenols is 1. The van der Waals surface area contributed by atoms with Gasteiger partial charge in [-0.2, -0.15) is 5.10 Å². The van der Waals surface area contributed by atoms with Crippen LogP contribution in [0.1, 0.15) is 43.6 Å². The zero-order valence-electron chi connectivity index (χ0n) is 17.1. The standard InChI is InChI=1S/C25H19N3O4/c1-14-5-7-15(8-6-14)21-20-22(27-26-21)24(30)28(18-11-9-16(10-12-18)25(31)32)23(20)17-3-2-4-19(29)13-17/h2-13,23,29H,1H3,(H,26,27)(H,31,32)/p-1. The van der Waals surface area contributed by atoms with Crippen LogP contribution in [-0.2, 0) is 0 Å². The highest BCUT2D eigenvalue weighted by molar-refractivity contribution is 6.11. The summed E-state index contributed by atoms with van der Waals surface area (Å²) in [6.45, 7) is 2.00. The number of aryl methyl sites for hydroxylation is 1. The summed E-state index contributed by atoms with van der Waals surface area (Å²) >= 11 is 0. The molecule has 0 saturated heterocycles. The summed E-state index contributed by atoms with van der Waals surface area (Å²) < 4.78 is 0. The average molecular weight is 424 g/mol. The minimum absolute atomic E-state index is 0.0230. The number of aromatic amines is 1. The summed E-state index contributed by atoms with van der Waals surface area (Å²) in [5.74, 6) is -1.50. The molecule has 0 aliphatic carbocycles. The lowest BCUT2D eigenvalue weighted by molar-refractivity contribution is -0.255. The molecule has 7 heteroatoms. The van der Waals surface area contributed by atoms with Gasteiger partial charge in [0, 0.05) is 16.8 Å². The Kier molecular flexibility index (Phi) is 4.52. The molecule has 2 N–H and O–H groups in total. The smallest absolute Gasteiger partial charge is 0.277 e. The molecule has 7 nitrogen and oxygen atoms in total. The second-order valence-corrected chi connectivity index (χ2v) is 7.73. The van der Waals surface area contributed by atoms with Gasteiger partial charge in [0.25, 0.3) is 5.91 Å². The molecule has 0 saturated carbocycles. The van der Waals surface area contributed by atoms with Crippen molar-refractivity contribution >= 4 is 17.6 Å². The van der Waals surface area contributed by atoms with Gasteiger partial charge in [-0.3, -0.25) is 14.8 Å². The maximum absolute atomic E-state index is 13.4. The van der Waals surface area contributed by atoms with E-state index in [0.29, 0.717) is 28.2 Å². The van der Waals surface area contributed by atoms with Crippen molar-refractivity contribution in [3.8, 4) is 17.0 Å². The van der Waals surface area contributed by atoms with Gasteiger partial charge in [0.05, 0.1) is 17.7 Å². The van der Waals surface area contributed by atoms with Gasteiger partial charge in [-0.25, -0.2) is 0 Å². The molecule has 1 atom stereocenters. The molecule has 0 bridgehead atoms. The van der Waals surface area contributed by atoms with Crippen LogP contribution in [0.4, 0.5) is 5.69 Å². The molecule has 0 spiro atoms. The van der Waals surface area contributed by atoms with E-state index in [1.54, 1.807) is 35.2 Å². The number of aromatic nitrogens is 2. The maximum Gasteiger partial charge on any atom is 0.277 e. The fourth-order valence-corrected chi connectivity index (χ4v) is 4.11. The van der Waals surface area contributed by atoms with Crippen molar-refractivity contribution in [3.05, 3.63) is 101 Å². The Morgan fingerprint density at radius 2 is 1.78 bits per heavy atom. The lowest BCUT2D eigenvalue weighted by Gasteiger charge is -2.27. The second kappa shape index (κ2) is 7.39. The quantitative estimate of drug-likeness (QED) is 0.523. The Labute approximate surface area is 183 Å². The number of aromatic carboxylic acids is 1. The molecule has 0 fully saturated rings. The van der Waals surface area contributed by atoms with Gasteiger partial charge >= 0.3 is 0 Å². The number of carbonyl (C=O) groups excluding carboxylic acids is 2. The number of anilines is 1. The Morgan fingerprint density at radius 3 is 2.44 bits per heavy atom. The molecule has 1 aromatic heterocycles. The molecule has 158 valence electrons. The lowest BCUT2D eigenvalue weighted by atomic mass is 9.95. The van der Waals surface area contributed by atoms with Crippen LogP contribution in [0.3, 0.4) is 0 Å². The third kappa shape index (κ3) is 3.11. The number of phenolic OH excluding ortho intramolecular Hbond substituents is 1. The summed E-state index contributed by atoms with van der Waals surface area (Å²) in [6.07, 6.45) is 0. The molecule has 2 heterocycles. The summed E-state index contributed by atoms with van der Waals surface area (Å²) in [5.41, 5.74) is 4.93. The van der Waals surface area contributed by atoms with Crippen molar-refractivity contribution in [2.45, 2.75) is 13.0 Å². The van der Waals surface area contributed by atoms with E-state index >= 15 is 0 Å². The average Bonchev–Trinajstić information content (AvgIpc) is 3.33. The molecule has 1 unspecified atom stereocenters. The summed E-state index contributed by atoms with van der Waals surface area (Å²) in [6, 6.07) is 20.0. The molecule has 4 aromatic rings. The van der Waals surface area contributed by atoms with Gasteiger partial charge in [-0.1, -0.05) is 54.1 Å². The monoisotopic (exact) mass is 424 g/mol. The van der Waals surface area contributed by atoms with Gasteiger partial charge in [-0.15, -0.1) is 0 Å². The molecule has 0 radical (unpaired) electrons. The fraction of sp³-hybridized carbons (Fsp3) is 0.0800. The van der Waals surface area contributed by atoms with Crippen molar-refractivity contribution in [2.24, 2.45) is 0 Å². The number of rotatable bonds is 4. The van der Waals surface area contributed by atoms with E-state index in [1.807, 2.05) is 37.3 Å². The Hall–Kier alpha value is -4.39. The van der Waals surface area contributed by atoms with Crippen LogP contribution in [0.15, 0.2) is 72.8 Å².